The Morgan fingerprint density at radius 3 is 2.79 bits per heavy atom. The summed E-state index contributed by atoms with van der Waals surface area (Å²) < 4.78 is 18.7. The molecule has 0 saturated heterocycles. The highest BCUT2D eigenvalue weighted by molar-refractivity contribution is 7.99. The lowest BCUT2D eigenvalue weighted by Gasteiger charge is -2.26. The van der Waals surface area contributed by atoms with E-state index in [1.807, 2.05) is 0 Å². The molecule has 5 rings (SSSR count). The number of allylic oxidation sites excluding steroid dienone is 1. The molecular weight excluding hydrogens is 548 g/mol. The highest BCUT2D eigenvalue weighted by atomic mass is 35.5. The van der Waals surface area contributed by atoms with Gasteiger partial charge in [-0.2, -0.15) is 0 Å². The molecule has 1 atom stereocenters. The number of aromatic nitrogens is 3. The minimum absolute atomic E-state index is 0.173. The number of thiazole rings is 1. The van der Waals surface area contributed by atoms with Gasteiger partial charge in [-0.15, -0.1) is 0 Å². The fourth-order valence-electron chi connectivity index (χ4n) is 4.03. The van der Waals surface area contributed by atoms with E-state index in [0.717, 1.165) is 0 Å². The number of carbonyl (C=O) groups excluding carboxylic acids is 1. The molecule has 0 amide bonds. The summed E-state index contributed by atoms with van der Waals surface area (Å²) in [4.78, 5) is 40.2. The number of rotatable bonds is 7. The number of methoxy groups -OCH3 is 1. The molecule has 0 aliphatic carbocycles. The molecule has 3 aromatic heterocycles. The first-order chi connectivity index (χ1) is 18.4. The van der Waals surface area contributed by atoms with Crippen LogP contribution in [0.25, 0.3) is 6.08 Å². The molecule has 1 aromatic carbocycles. The Morgan fingerprint density at radius 1 is 1.26 bits per heavy atom. The van der Waals surface area contributed by atoms with Gasteiger partial charge in [0.15, 0.2) is 15.1 Å². The number of ether oxygens (including phenoxy) is 2. The third-order valence-corrected chi connectivity index (χ3v) is 7.64. The van der Waals surface area contributed by atoms with Gasteiger partial charge < -0.3 is 13.9 Å². The molecular formula is C26H21ClN4O5S2. The predicted molar refractivity (Wildman–Crippen MR) is 143 cm³/mol. The van der Waals surface area contributed by atoms with Crippen molar-refractivity contribution in [1.29, 1.82) is 0 Å². The molecule has 4 aromatic rings. The predicted octanol–water partition coefficient (Wildman–Crippen LogP) is 3.99. The largest absolute Gasteiger partial charge is 0.496 e. The third kappa shape index (κ3) is 5.04. The van der Waals surface area contributed by atoms with Gasteiger partial charge in [-0.05, 0) is 62.0 Å². The van der Waals surface area contributed by atoms with Crippen LogP contribution < -0.4 is 19.6 Å². The first kappa shape index (κ1) is 26.0. The second-order valence-electron chi connectivity index (χ2n) is 7.98. The number of halogens is 1. The Kier molecular flexibility index (Phi) is 7.50. The van der Waals surface area contributed by atoms with E-state index in [1.165, 1.54) is 34.8 Å². The maximum absolute atomic E-state index is 13.8. The summed E-state index contributed by atoms with van der Waals surface area (Å²) in [6, 6.07) is 9.49. The molecule has 0 bridgehead atoms. The number of esters is 1. The van der Waals surface area contributed by atoms with Gasteiger partial charge in [0.1, 0.15) is 17.6 Å². The van der Waals surface area contributed by atoms with Gasteiger partial charge in [0.2, 0.25) is 0 Å². The van der Waals surface area contributed by atoms with E-state index in [1.54, 1.807) is 68.7 Å². The van der Waals surface area contributed by atoms with Crippen LogP contribution in [0.2, 0.25) is 5.02 Å². The van der Waals surface area contributed by atoms with Crippen LogP contribution in [-0.2, 0) is 9.53 Å². The molecule has 0 fully saturated rings. The van der Waals surface area contributed by atoms with Crippen LogP contribution in [0.5, 0.6) is 5.75 Å². The summed E-state index contributed by atoms with van der Waals surface area (Å²) in [5.41, 5.74) is 0.894. The van der Waals surface area contributed by atoms with Crippen molar-refractivity contribution >= 4 is 46.7 Å². The van der Waals surface area contributed by atoms with E-state index in [9.17, 15) is 9.59 Å². The molecule has 194 valence electrons. The van der Waals surface area contributed by atoms with Crippen molar-refractivity contribution < 1.29 is 18.7 Å². The van der Waals surface area contributed by atoms with Gasteiger partial charge in [0, 0.05) is 29.1 Å². The van der Waals surface area contributed by atoms with Crippen molar-refractivity contribution in [2.75, 3.05) is 13.7 Å². The molecule has 0 spiro atoms. The molecule has 4 heterocycles. The average molecular weight is 569 g/mol. The normalized spacial score (nSPS) is 15.3. The fraction of sp³-hybridized carbons (Fsp3) is 0.192. The van der Waals surface area contributed by atoms with Crippen molar-refractivity contribution in [2.45, 2.75) is 30.1 Å². The maximum Gasteiger partial charge on any atom is 0.338 e. The smallest absolute Gasteiger partial charge is 0.338 e. The van der Waals surface area contributed by atoms with Crippen LogP contribution in [0.4, 0.5) is 0 Å². The van der Waals surface area contributed by atoms with Crippen LogP contribution in [0, 0.1) is 0 Å². The van der Waals surface area contributed by atoms with Crippen molar-refractivity contribution in [3.05, 3.63) is 96.1 Å². The van der Waals surface area contributed by atoms with Crippen molar-refractivity contribution in [2.24, 2.45) is 4.99 Å². The standard InChI is InChI=1S/C26H21ClN4O5S2/c1-4-35-24(33)21-14(2)30-26-31(22(21)17-12-15(27)6-8-18(17)34-3)23(32)19(37-26)13-16-7-9-20(36-16)38-25-28-10-5-11-29-25/h5-13,22H,4H2,1-3H3/b19-13-/t22-/m1/s1. The van der Waals surface area contributed by atoms with Crippen LogP contribution in [0.15, 0.2) is 84.5 Å². The van der Waals surface area contributed by atoms with Crippen molar-refractivity contribution in [1.82, 2.24) is 14.5 Å². The molecule has 0 unspecified atom stereocenters. The first-order valence-corrected chi connectivity index (χ1v) is 13.5. The number of fused-ring (bicyclic) bond motifs is 1. The molecule has 1 aliphatic rings. The molecule has 0 saturated carbocycles. The summed E-state index contributed by atoms with van der Waals surface area (Å²) in [5, 5.41) is 1.56. The highest BCUT2D eigenvalue weighted by Gasteiger charge is 2.35. The summed E-state index contributed by atoms with van der Waals surface area (Å²) in [6.45, 7) is 3.61. The van der Waals surface area contributed by atoms with Crippen molar-refractivity contribution in [3.63, 3.8) is 0 Å². The molecule has 0 N–H and O–H groups in total. The van der Waals surface area contributed by atoms with Gasteiger partial charge in [-0.25, -0.2) is 19.8 Å². The summed E-state index contributed by atoms with van der Waals surface area (Å²) >= 11 is 8.80. The van der Waals surface area contributed by atoms with E-state index in [-0.39, 0.29) is 17.7 Å². The Morgan fingerprint density at radius 2 is 2.05 bits per heavy atom. The number of nitrogens with zero attached hydrogens (tertiary/aromatic N) is 4. The zero-order valence-electron chi connectivity index (χ0n) is 20.5. The van der Waals surface area contributed by atoms with Crippen LogP contribution >= 0.6 is 34.7 Å². The minimum Gasteiger partial charge on any atom is -0.496 e. The van der Waals surface area contributed by atoms with Crippen LogP contribution in [0.3, 0.4) is 0 Å². The van der Waals surface area contributed by atoms with Gasteiger partial charge in [0.25, 0.3) is 5.56 Å². The highest BCUT2D eigenvalue weighted by Crippen LogP contribution is 2.37. The molecule has 12 heteroatoms. The van der Waals surface area contributed by atoms with Crippen LogP contribution in [0.1, 0.15) is 31.2 Å². The number of carbonyl (C=O) groups is 1. The maximum atomic E-state index is 13.8. The van der Waals surface area contributed by atoms with E-state index in [4.69, 9.17) is 25.5 Å². The second kappa shape index (κ2) is 11.0. The zero-order chi connectivity index (χ0) is 26.8. The topological polar surface area (TPSA) is 109 Å². The van der Waals surface area contributed by atoms with Gasteiger partial charge >= 0.3 is 5.97 Å². The number of benzene rings is 1. The molecule has 0 radical (unpaired) electrons. The Hall–Kier alpha value is -3.67. The van der Waals surface area contributed by atoms with Gasteiger partial charge in [0.05, 0.1) is 29.5 Å². The Balaban J connectivity index is 1.63. The fourth-order valence-corrected chi connectivity index (χ4v) is 5.92. The molecule has 38 heavy (non-hydrogen) atoms. The number of hydrogen-bond donors (Lipinski definition) is 0. The monoisotopic (exact) mass is 568 g/mol. The lowest BCUT2D eigenvalue weighted by atomic mass is 9.95. The van der Waals surface area contributed by atoms with E-state index in [2.05, 4.69) is 15.0 Å². The van der Waals surface area contributed by atoms with Crippen LogP contribution in [-0.4, -0.2) is 34.2 Å². The first-order valence-electron chi connectivity index (χ1n) is 11.5. The summed E-state index contributed by atoms with van der Waals surface area (Å²) in [5.74, 6) is 0.388. The SMILES string of the molecule is CCOC(=O)C1=C(C)N=c2s/c(=C\c3ccc(Sc4ncccn4)o3)c(=O)n2[C@@H]1c1cc(Cl)ccc1OC. The number of hydrogen-bond acceptors (Lipinski definition) is 10. The zero-order valence-corrected chi connectivity index (χ0v) is 22.9. The lowest BCUT2D eigenvalue weighted by molar-refractivity contribution is -0.139. The van der Waals surface area contributed by atoms with E-state index in [0.29, 0.717) is 47.4 Å². The molecule has 1 aliphatic heterocycles. The minimum atomic E-state index is -0.848. The Labute approximate surface area is 230 Å². The average Bonchev–Trinajstić information content (AvgIpc) is 3.47. The number of furan rings is 1. The van der Waals surface area contributed by atoms with Gasteiger partial charge in [-0.3, -0.25) is 9.36 Å². The van der Waals surface area contributed by atoms with Crippen molar-refractivity contribution in [3.8, 4) is 5.75 Å². The quantitative estimate of drug-likeness (QED) is 0.243. The Bertz CT molecular complexity index is 1730. The molecule has 9 nitrogen and oxygen atoms in total. The van der Waals surface area contributed by atoms with Gasteiger partial charge in [-0.1, -0.05) is 22.9 Å². The lowest BCUT2D eigenvalue weighted by Crippen LogP contribution is -2.40. The second-order valence-corrected chi connectivity index (χ2v) is 10.4. The third-order valence-electron chi connectivity index (χ3n) is 5.61. The van der Waals surface area contributed by atoms with E-state index < -0.39 is 12.0 Å². The summed E-state index contributed by atoms with van der Waals surface area (Å²) in [6.07, 6.45) is 4.95. The summed E-state index contributed by atoms with van der Waals surface area (Å²) in [7, 11) is 1.52. The van der Waals surface area contributed by atoms with E-state index >= 15 is 0 Å².